The van der Waals surface area contributed by atoms with Crippen LogP contribution in [0.25, 0.3) is 6.08 Å². The van der Waals surface area contributed by atoms with Gasteiger partial charge in [-0.05, 0) is 46.9 Å². The van der Waals surface area contributed by atoms with E-state index in [1.54, 1.807) is 4.57 Å². The number of imidazole rings is 1. The zero-order chi connectivity index (χ0) is 27.4. The first-order valence-corrected chi connectivity index (χ1v) is 12.7. The lowest BCUT2D eigenvalue weighted by molar-refractivity contribution is -0.389. The first-order chi connectivity index (χ1) is 18.7. The minimum Gasteiger partial charge on any atom is -0.490 e. The SMILES string of the molecule is O=[N+]([O-])c1cn2c(n1)OC(COc1ccc(N3CCN(CC=Cc4ccc(C(F)(F)F)cc4)CC3)cc1)CC2. The van der Waals surface area contributed by atoms with Crippen molar-refractivity contribution in [1.29, 1.82) is 0 Å². The number of piperazine rings is 1. The van der Waals surface area contributed by atoms with Crippen LogP contribution < -0.4 is 14.4 Å². The largest absolute Gasteiger partial charge is 0.490 e. The molecule has 2 aliphatic heterocycles. The van der Waals surface area contributed by atoms with Gasteiger partial charge in [0.1, 0.15) is 24.7 Å². The van der Waals surface area contributed by atoms with Gasteiger partial charge in [0.25, 0.3) is 0 Å². The van der Waals surface area contributed by atoms with Crippen LogP contribution in [0.1, 0.15) is 17.5 Å². The van der Waals surface area contributed by atoms with Crippen LogP contribution >= 0.6 is 0 Å². The quantitative estimate of drug-likeness (QED) is 0.296. The van der Waals surface area contributed by atoms with Crippen molar-refractivity contribution in [3.8, 4) is 11.8 Å². The fourth-order valence-corrected chi connectivity index (χ4v) is 4.59. The van der Waals surface area contributed by atoms with Gasteiger partial charge >= 0.3 is 18.0 Å². The highest BCUT2D eigenvalue weighted by atomic mass is 19.4. The molecule has 1 unspecified atom stereocenters. The molecule has 0 saturated carbocycles. The average Bonchev–Trinajstić information content (AvgIpc) is 3.37. The molecule has 0 spiro atoms. The monoisotopic (exact) mass is 543 g/mol. The smallest absolute Gasteiger partial charge is 0.416 e. The Labute approximate surface area is 223 Å². The fourth-order valence-electron chi connectivity index (χ4n) is 4.59. The summed E-state index contributed by atoms with van der Waals surface area (Å²) in [7, 11) is 0. The number of hydrogen-bond donors (Lipinski definition) is 0. The zero-order valence-corrected chi connectivity index (χ0v) is 21.1. The number of benzene rings is 2. The Morgan fingerprint density at radius 1 is 1.05 bits per heavy atom. The molecule has 1 atom stereocenters. The Bertz CT molecular complexity index is 1300. The van der Waals surface area contributed by atoms with Gasteiger partial charge in [-0.3, -0.25) is 9.47 Å². The summed E-state index contributed by atoms with van der Waals surface area (Å²) < 4.78 is 51.4. The molecule has 5 rings (SSSR count). The van der Waals surface area contributed by atoms with Gasteiger partial charge < -0.3 is 24.5 Å². The number of nitrogens with zero attached hydrogens (tertiary/aromatic N) is 5. The van der Waals surface area contributed by atoms with E-state index in [1.165, 1.54) is 18.3 Å². The van der Waals surface area contributed by atoms with Crippen molar-refractivity contribution in [2.45, 2.75) is 25.2 Å². The van der Waals surface area contributed by atoms with Crippen LogP contribution in [0.15, 0.2) is 60.8 Å². The van der Waals surface area contributed by atoms with E-state index in [-0.39, 0.29) is 17.9 Å². The van der Waals surface area contributed by atoms with Crippen LogP contribution in [0.5, 0.6) is 11.8 Å². The van der Waals surface area contributed by atoms with Crippen molar-refractivity contribution in [3.63, 3.8) is 0 Å². The van der Waals surface area contributed by atoms with Crippen LogP contribution in [0.2, 0.25) is 0 Å². The number of anilines is 1. The van der Waals surface area contributed by atoms with Gasteiger partial charge in [-0.15, -0.1) is 0 Å². The molecule has 0 radical (unpaired) electrons. The molecule has 0 aliphatic carbocycles. The highest BCUT2D eigenvalue weighted by molar-refractivity contribution is 5.51. The average molecular weight is 544 g/mol. The van der Waals surface area contributed by atoms with Gasteiger partial charge in [0, 0.05) is 56.4 Å². The Balaban J connectivity index is 1.04. The normalized spacial score (nSPS) is 18.1. The van der Waals surface area contributed by atoms with Gasteiger partial charge in [0.05, 0.1) is 5.56 Å². The van der Waals surface area contributed by atoms with E-state index >= 15 is 0 Å². The van der Waals surface area contributed by atoms with Gasteiger partial charge in [-0.2, -0.15) is 13.2 Å². The molecular formula is C27H28F3N5O4. The highest BCUT2D eigenvalue weighted by Crippen LogP contribution is 2.29. The standard InChI is InChI=1S/C27H28F3N5O4/c28-27(29,30)21-5-3-20(4-6-21)2-1-12-32-14-16-33(17-15-32)22-7-9-23(10-8-22)38-19-24-11-13-34-18-25(35(36)37)31-26(34)39-24/h1-10,18,24H,11-17,19H2. The second kappa shape index (κ2) is 11.4. The van der Waals surface area contributed by atoms with Crippen molar-refractivity contribution < 1.29 is 27.6 Å². The molecule has 0 amide bonds. The number of alkyl halides is 3. The number of rotatable bonds is 8. The molecule has 3 heterocycles. The van der Waals surface area contributed by atoms with Crippen LogP contribution in [0.3, 0.4) is 0 Å². The fraction of sp³-hybridized carbons (Fsp3) is 0.370. The molecule has 0 bridgehead atoms. The molecule has 12 heteroatoms. The lowest BCUT2D eigenvalue weighted by atomic mass is 10.1. The predicted octanol–water partition coefficient (Wildman–Crippen LogP) is 4.88. The van der Waals surface area contributed by atoms with E-state index in [0.717, 1.165) is 56.1 Å². The van der Waals surface area contributed by atoms with Crippen LogP contribution in [-0.2, 0) is 12.7 Å². The summed E-state index contributed by atoms with van der Waals surface area (Å²) in [6, 6.07) is 13.3. The van der Waals surface area contributed by atoms with Gasteiger partial charge in [0.2, 0.25) is 0 Å². The highest BCUT2D eigenvalue weighted by Gasteiger charge is 2.30. The van der Waals surface area contributed by atoms with E-state index in [1.807, 2.05) is 36.4 Å². The molecule has 39 heavy (non-hydrogen) atoms. The minimum absolute atomic E-state index is 0.224. The van der Waals surface area contributed by atoms with E-state index in [4.69, 9.17) is 9.47 Å². The van der Waals surface area contributed by atoms with Gasteiger partial charge in [-0.1, -0.05) is 24.3 Å². The lowest BCUT2D eigenvalue weighted by Gasteiger charge is -2.35. The van der Waals surface area contributed by atoms with Crippen molar-refractivity contribution in [3.05, 3.63) is 82.0 Å². The third-order valence-electron chi connectivity index (χ3n) is 6.80. The molecule has 1 aromatic heterocycles. The number of nitro groups is 1. The van der Waals surface area contributed by atoms with E-state index in [9.17, 15) is 23.3 Å². The first kappa shape index (κ1) is 26.5. The molecule has 0 N–H and O–H groups in total. The van der Waals surface area contributed by atoms with Gasteiger partial charge in [-0.25, -0.2) is 0 Å². The third-order valence-corrected chi connectivity index (χ3v) is 6.80. The Morgan fingerprint density at radius 2 is 1.77 bits per heavy atom. The third kappa shape index (κ3) is 6.69. The summed E-state index contributed by atoms with van der Waals surface area (Å²) in [6.07, 6.45) is 1.32. The second-order valence-corrected chi connectivity index (χ2v) is 9.48. The van der Waals surface area contributed by atoms with Crippen molar-refractivity contribution >= 4 is 17.6 Å². The van der Waals surface area contributed by atoms with Crippen molar-refractivity contribution in [2.75, 3.05) is 44.2 Å². The van der Waals surface area contributed by atoms with Crippen molar-refractivity contribution in [1.82, 2.24) is 14.5 Å². The number of aromatic nitrogens is 2. The minimum atomic E-state index is -4.32. The summed E-state index contributed by atoms with van der Waals surface area (Å²) in [5.41, 5.74) is 1.21. The molecule has 9 nitrogen and oxygen atoms in total. The number of ether oxygens (including phenoxy) is 2. The predicted molar refractivity (Wildman–Crippen MR) is 139 cm³/mol. The number of halogens is 3. The topological polar surface area (TPSA) is 85.9 Å². The maximum atomic E-state index is 12.7. The molecule has 206 valence electrons. The summed E-state index contributed by atoms with van der Waals surface area (Å²) in [5, 5.41) is 10.9. The van der Waals surface area contributed by atoms with Crippen LogP contribution in [-0.4, -0.2) is 64.8 Å². The molecule has 1 saturated heterocycles. The molecular weight excluding hydrogens is 515 g/mol. The summed E-state index contributed by atoms with van der Waals surface area (Å²) >= 11 is 0. The van der Waals surface area contributed by atoms with Crippen LogP contribution in [0, 0.1) is 10.1 Å². The second-order valence-electron chi connectivity index (χ2n) is 9.48. The number of aryl methyl sites for hydroxylation is 1. The summed E-state index contributed by atoms with van der Waals surface area (Å²) in [4.78, 5) is 18.9. The van der Waals surface area contributed by atoms with E-state index in [0.29, 0.717) is 25.3 Å². The lowest BCUT2D eigenvalue weighted by Crippen LogP contribution is -2.46. The molecule has 2 aromatic carbocycles. The Kier molecular flexibility index (Phi) is 7.73. The maximum absolute atomic E-state index is 12.7. The Hall–Kier alpha value is -4.06. The van der Waals surface area contributed by atoms with E-state index in [2.05, 4.69) is 14.8 Å². The van der Waals surface area contributed by atoms with Gasteiger partial charge in [0.15, 0.2) is 0 Å². The van der Waals surface area contributed by atoms with E-state index < -0.39 is 16.7 Å². The maximum Gasteiger partial charge on any atom is 0.416 e. The number of fused-ring (bicyclic) bond motifs is 1. The molecule has 3 aromatic rings. The Morgan fingerprint density at radius 3 is 2.44 bits per heavy atom. The number of hydrogen-bond acceptors (Lipinski definition) is 7. The van der Waals surface area contributed by atoms with Crippen molar-refractivity contribution in [2.24, 2.45) is 0 Å². The first-order valence-electron chi connectivity index (χ1n) is 12.7. The molecule has 1 fully saturated rings. The molecule has 2 aliphatic rings. The summed E-state index contributed by atoms with van der Waals surface area (Å²) in [6.45, 7) is 5.12. The summed E-state index contributed by atoms with van der Waals surface area (Å²) in [5.74, 6) is 0.492. The zero-order valence-electron chi connectivity index (χ0n) is 21.1. The van der Waals surface area contributed by atoms with Crippen LogP contribution in [0.4, 0.5) is 24.7 Å².